The number of piperazine rings is 1. The van der Waals surface area contributed by atoms with Gasteiger partial charge in [-0.05, 0) is 55.1 Å². The van der Waals surface area contributed by atoms with Crippen molar-refractivity contribution in [2.45, 2.75) is 19.3 Å². The van der Waals surface area contributed by atoms with E-state index in [0.29, 0.717) is 11.5 Å². The Labute approximate surface area is 271 Å². The minimum Gasteiger partial charge on any atom is -0.493 e. The molecule has 16 heteroatoms. The van der Waals surface area contributed by atoms with Gasteiger partial charge in [-0.1, -0.05) is 6.07 Å². The van der Waals surface area contributed by atoms with Crippen LogP contribution in [0.2, 0.25) is 0 Å². The van der Waals surface area contributed by atoms with E-state index in [9.17, 15) is 22.8 Å². The first-order valence-corrected chi connectivity index (χ1v) is 14.9. The van der Waals surface area contributed by atoms with Gasteiger partial charge in [-0.2, -0.15) is 13.2 Å². The Morgan fingerprint density at radius 1 is 1.06 bits per heavy atom. The molecule has 1 saturated heterocycles. The number of ether oxygens (including phenoxy) is 2. The second-order valence-corrected chi connectivity index (χ2v) is 11.4. The van der Waals surface area contributed by atoms with Crippen LogP contribution < -0.4 is 25.4 Å². The van der Waals surface area contributed by atoms with Gasteiger partial charge >= 0.3 is 11.9 Å². The lowest BCUT2D eigenvalue weighted by Crippen LogP contribution is -2.44. The second kappa shape index (κ2) is 13.0. The van der Waals surface area contributed by atoms with Crippen molar-refractivity contribution in [3.63, 3.8) is 0 Å². The number of nitrogens with one attached hydrogen (secondary N) is 2. The van der Waals surface area contributed by atoms with Gasteiger partial charge in [0.15, 0.2) is 23.1 Å². The summed E-state index contributed by atoms with van der Waals surface area (Å²) in [5.41, 5.74) is -0.619. The number of methoxy groups -OCH3 is 1. The molecular formula is C32H32F4N8O4. The highest BCUT2D eigenvalue weighted by molar-refractivity contribution is 5.96. The fourth-order valence-electron chi connectivity index (χ4n) is 5.74. The molecule has 1 fully saturated rings. The van der Waals surface area contributed by atoms with Crippen LogP contribution in [0.4, 0.5) is 28.9 Å². The van der Waals surface area contributed by atoms with E-state index in [2.05, 4.69) is 30.3 Å². The molecule has 1 aliphatic heterocycles. The van der Waals surface area contributed by atoms with Crippen LogP contribution in [0.1, 0.15) is 11.4 Å². The number of benzene rings is 3. The number of aromatic nitrogens is 5. The zero-order valence-corrected chi connectivity index (χ0v) is 26.3. The molecule has 252 valence electrons. The second-order valence-electron chi connectivity index (χ2n) is 11.4. The molecule has 0 radical (unpaired) electrons. The van der Waals surface area contributed by atoms with E-state index in [0.717, 1.165) is 59.2 Å². The van der Waals surface area contributed by atoms with E-state index in [1.54, 1.807) is 12.1 Å². The number of amides is 1. The van der Waals surface area contributed by atoms with E-state index >= 15 is 4.39 Å². The fourth-order valence-corrected chi connectivity index (χ4v) is 5.74. The van der Waals surface area contributed by atoms with Gasteiger partial charge in [-0.25, -0.2) is 9.18 Å². The van der Waals surface area contributed by atoms with Gasteiger partial charge in [0.05, 0.1) is 23.7 Å². The average molecular weight is 669 g/mol. The van der Waals surface area contributed by atoms with E-state index < -0.39 is 35.7 Å². The van der Waals surface area contributed by atoms with Crippen molar-refractivity contribution in [3.8, 4) is 22.6 Å². The van der Waals surface area contributed by atoms with E-state index in [1.165, 1.54) is 26.6 Å². The summed E-state index contributed by atoms with van der Waals surface area (Å²) in [5, 5.41) is 10.2. The maximum absolute atomic E-state index is 15.5. The van der Waals surface area contributed by atoms with Gasteiger partial charge < -0.3 is 29.6 Å². The molecule has 2 N–H and O–H groups in total. The summed E-state index contributed by atoms with van der Waals surface area (Å²) in [5.74, 6) is -1.61. The number of halogens is 4. The van der Waals surface area contributed by atoms with Gasteiger partial charge in [-0.15, -0.1) is 10.2 Å². The lowest BCUT2D eigenvalue weighted by Gasteiger charge is -2.34. The summed E-state index contributed by atoms with van der Waals surface area (Å²) in [6, 6.07) is 11.2. The summed E-state index contributed by atoms with van der Waals surface area (Å²) >= 11 is 0. The largest absolute Gasteiger partial charge is 0.493 e. The van der Waals surface area contributed by atoms with Crippen molar-refractivity contribution < 1.29 is 31.8 Å². The summed E-state index contributed by atoms with van der Waals surface area (Å²) in [7, 11) is 4.68. The van der Waals surface area contributed by atoms with Crippen molar-refractivity contribution in [1.82, 2.24) is 29.2 Å². The van der Waals surface area contributed by atoms with Crippen LogP contribution in [0.25, 0.3) is 22.2 Å². The third-order valence-corrected chi connectivity index (χ3v) is 8.22. The fraction of sp³-hybridized carbons (Fsp3) is 0.312. The first-order chi connectivity index (χ1) is 22.9. The average Bonchev–Trinajstić information content (AvgIpc) is 3.66. The minimum absolute atomic E-state index is 0.00890. The van der Waals surface area contributed by atoms with Crippen LogP contribution in [-0.4, -0.2) is 75.5 Å². The van der Waals surface area contributed by atoms with Crippen LogP contribution in [0.5, 0.6) is 11.5 Å². The number of hydrogen-bond acceptors (Lipinski definition) is 8. The van der Waals surface area contributed by atoms with Crippen molar-refractivity contribution in [3.05, 3.63) is 82.5 Å². The normalized spacial score (nSPS) is 14.0. The quantitative estimate of drug-likeness (QED) is 0.224. The van der Waals surface area contributed by atoms with Crippen molar-refractivity contribution in [2.24, 2.45) is 7.05 Å². The molecule has 0 bridgehead atoms. The molecule has 0 saturated carbocycles. The molecule has 6 rings (SSSR count). The van der Waals surface area contributed by atoms with Crippen LogP contribution in [-0.2, 0) is 31.2 Å². The first kappa shape index (κ1) is 32.6. The van der Waals surface area contributed by atoms with Crippen molar-refractivity contribution in [1.29, 1.82) is 0 Å². The van der Waals surface area contributed by atoms with E-state index in [-0.39, 0.29) is 40.3 Å². The van der Waals surface area contributed by atoms with Crippen LogP contribution in [0, 0.1) is 5.82 Å². The molecule has 1 aliphatic rings. The molecule has 0 unspecified atom stereocenters. The van der Waals surface area contributed by atoms with Crippen LogP contribution in [0.3, 0.4) is 0 Å². The standard InChI is InChI=1S/C32H32F4N8O4/c1-41-7-9-43(10-8-41)22-6-4-5-21(15-22)39-28(45)16-44-25-14-20(32(34,35)36)13-23(29(25)42(2)31(44)46)19-11-24(33)30(26(12-19)47-3)48-17-27-37-18-38-40-27/h4-6,11-15,18H,7-10,16-17H2,1-3H3,(H,39,45)(H,37,38,40). The molecule has 0 spiro atoms. The summed E-state index contributed by atoms with van der Waals surface area (Å²) in [6.45, 7) is 2.67. The first-order valence-electron chi connectivity index (χ1n) is 14.9. The SMILES string of the molecule is COc1cc(-c2cc(C(F)(F)F)cc3c2n(C)c(=O)n3CC(=O)Nc2cccc(N3CCN(C)CC3)c2)cc(F)c1OCc1nnc[nH]1. The summed E-state index contributed by atoms with van der Waals surface area (Å²) < 4.78 is 71.1. The molecule has 0 atom stereocenters. The lowest BCUT2D eigenvalue weighted by molar-refractivity contribution is -0.137. The Bertz CT molecular complexity index is 2020. The number of likely N-dealkylation sites (N-methyl/N-ethyl adjacent to an activating group) is 1. The number of imidazole rings is 1. The third-order valence-electron chi connectivity index (χ3n) is 8.22. The van der Waals surface area contributed by atoms with E-state index in [4.69, 9.17) is 9.47 Å². The Morgan fingerprint density at radius 2 is 1.83 bits per heavy atom. The van der Waals surface area contributed by atoms with Gasteiger partial charge in [0.25, 0.3) is 0 Å². The summed E-state index contributed by atoms with van der Waals surface area (Å²) in [6.07, 6.45) is -3.50. The number of nitrogens with zero attached hydrogens (tertiary/aromatic N) is 6. The maximum Gasteiger partial charge on any atom is 0.416 e. The molecule has 0 aliphatic carbocycles. The minimum atomic E-state index is -4.83. The predicted molar refractivity (Wildman–Crippen MR) is 170 cm³/mol. The number of rotatable bonds is 9. The van der Waals surface area contributed by atoms with E-state index in [1.807, 2.05) is 19.2 Å². The molecule has 3 heterocycles. The number of alkyl halides is 3. The Morgan fingerprint density at radius 3 is 2.52 bits per heavy atom. The molecule has 3 aromatic carbocycles. The number of aryl methyl sites for hydroxylation is 1. The van der Waals surface area contributed by atoms with Crippen LogP contribution >= 0.6 is 0 Å². The van der Waals surface area contributed by atoms with Crippen molar-refractivity contribution >= 4 is 28.3 Å². The smallest absolute Gasteiger partial charge is 0.416 e. The zero-order valence-electron chi connectivity index (χ0n) is 26.3. The highest BCUT2D eigenvalue weighted by Crippen LogP contribution is 2.41. The highest BCUT2D eigenvalue weighted by atomic mass is 19.4. The molecule has 48 heavy (non-hydrogen) atoms. The number of aromatic amines is 1. The zero-order chi connectivity index (χ0) is 34.2. The van der Waals surface area contributed by atoms with Crippen molar-refractivity contribution in [2.75, 3.05) is 50.6 Å². The Kier molecular flexibility index (Phi) is 8.83. The third kappa shape index (κ3) is 6.56. The lowest BCUT2D eigenvalue weighted by atomic mass is 9.99. The molecule has 1 amide bonds. The topological polar surface area (TPSA) is 123 Å². The van der Waals surface area contributed by atoms with Gasteiger partial charge in [-0.3, -0.25) is 13.9 Å². The predicted octanol–water partition coefficient (Wildman–Crippen LogP) is 4.26. The van der Waals surface area contributed by atoms with Gasteiger partial charge in [0.2, 0.25) is 5.91 Å². The number of carbonyl (C=O) groups excluding carboxylic acids is 1. The van der Waals surface area contributed by atoms with Gasteiger partial charge in [0, 0.05) is 50.2 Å². The Hall–Kier alpha value is -5.38. The highest BCUT2D eigenvalue weighted by Gasteiger charge is 2.33. The molecule has 2 aromatic heterocycles. The number of anilines is 2. The molecule has 5 aromatic rings. The van der Waals surface area contributed by atoms with Crippen LogP contribution in [0.15, 0.2) is 59.7 Å². The molecule has 12 nitrogen and oxygen atoms in total. The Balaban J connectivity index is 1.35. The number of H-pyrrole nitrogens is 1. The number of fused-ring (bicyclic) bond motifs is 1. The number of carbonyl (C=O) groups is 1. The summed E-state index contributed by atoms with van der Waals surface area (Å²) in [4.78, 5) is 33.9. The molecular weight excluding hydrogens is 636 g/mol. The number of hydrogen-bond donors (Lipinski definition) is 2. The maximum atomic E-state index is 15.5. The monoisotopic (exact) mass is 668 g/mol. The van der Waals surface area contributed by atoms with Gasteiger partial charge in [0.1, 0.15) is 19.5 Å².